The van der Waals surface area contributed by atoms with Gasteiger partial charge < -0.3 is 24.8 Å². The first-order valence-corrected chi connectivity index (χ1v) is 11.0. The highest BCUT2D eigenvalue weighted by atomic mass is 16.5. The summed E-state index contributed by atoms with van der Waals surface area (Å²) in [5.74, 6) is -0.203. The number of carbonyl (C=O) groups is 3. The molecule has 3 amide bonds. The molecule has 33 heavy (non-hydrogen) atoms. The van der Waals surface area contributed by atoms with Crippen molar-refractivity contribution in [3.8, 4) is 5.75 Å². The van der Waals surface area contributed by atoms with E-state index in [1.165, 1.54) is 0 Å². The van der Waals surface area contributed by atoms with Gasteiger partial charge in [0.1, 0.15) is 17.0 Å². The zero-order valence-corrected chi connectivity index (χ0v) is 19.1. The van der Waals surface area contributed by atoms with E-state index >= 15 is 0 Å². The summed E-state index contributed by atoms with van der Waals surface area (Å²) in [6.07, 6.45) is 0. The molecule has 1 aliphatic rings. The Bertz CT molecular complexity index is 1220. The van der Waals surface area contributed by atoms with E-state index in [-0.39, 0.29) is 30.8 Å². The summed E-state index contributed by atoms with van der Waals surface area (Å²) in [4.78, 5) is 40.5. The van der Waals surface area contributed by atoms with Gasteiger partial charge >= 0.3 is 0 Å². The SMILES string of the molecule is CCN1C(=O)c2cc3ccccc3n2C[C@]1(C)C(=O)NCC(=O)NCc1ccccc1OC. The van der Waals surface area contributed by atoms with Gasteiger partial charge in [-0.15, -0.1) is 0 Å². The molecule has 8 heteroatoms. The van der Waals surface area contributed by atoms with Gasteiger partial charge in [0.2, 0.25) is 11.8 Å². The number of para-hydroxylation sites is 2. The van der Waals surface area contributed by atoms with Gasteiger partial charge in [0.25, 0.3) is 5.91 Å². The Morgan fingerprint density at radius 1 is 1.09 bits per heavy atom. The third-order valence-electron chi connectivity index (χ3n) is 6.22. The molecule has 4 rings (SSSR count). The molecule has 3 aromatic rings. The van der Waals surface area contributed by atoms with Gasteiger partial charge in [-0.2, -0.15) is 0 Å². The van der Waals surface area contributed by atoms with Crippen molar-refractivity contribution in [2.24, 2.45) is 0 Å². The number of amides is 3. The van der Waals surface area contributed by atoms with Crippen LogP contribution < -0.4 is 15.4 Å². The first kappa shape index (κ1) is 22.4. The zero-order valence-electron chi connectivity index (χ0n) is 19.1. The number of likely N-dealkylation sites (N-methyl/N-ethyl adjacent to an activating group) is 1. The van der Waals surface area contributed by atoms with Crippen molar-refractivity contribution in [1.82, 2.24) is 20.1 Å². The van der Waals surface area contributed by atoms with E-state index in [1.807, 2.05) is 66.1 Å². The van der Waals surface area contributed by atoms with Crippen molar-refractivity contribution >= 4 is 28.6 Å². The number of aromatic nitrogens is 1. The van der Waals surface area contributed by atoms with Gasteiger partial charge in [0.05, 0.1) is 20.2 Å². The fraction of sp³-hybridized carbons (Fsp3) is 0.320. The molecule has 0 fully saturated rings. The van der Waals surface area contributed by atoms with Crippen LogP contribution in [-0.2, 0) is 22.7 Å². The van der Waals surface area contributed by atoms with Gasteiger partial charge in [0.15, 0.2) is 0 Å². The average Bonchev–Trinajstić information content (AvgIpc) is 3.20. The number of methoxy groups -OCH3 is 1. The molecule has 2 heterocycles. The molecule has 0 aliphatic carbocycles. The van der Waals surface area contributed by atoms with Gasteiger partial charge in [0, 0.05) is 29.6 Å². The van der Waals surface area contributed by atoms with Gasteiger partial charge in [-0.25, -0.2) is 0 Å². The second kappa shape index (κ2) is 8.97. The van der Waals surface area contributed by atoms with E-state index in [1.54, 1.807) is 18.9 Å². The number of fused-ring (bicyclic) bond motifs is 3. The van der Waals surface area contributed by atoms with Crippen LogP contribution in [0.3, 0.4) is 0 Å². The van der Waals surface area contributed by atoms with Crippen LogP contribution in [0.15, 0.2) is 54.6 Å². The lowest BCUT2D eigenvalue weighted by molar-refractivity contribution is -0.134. The van der Waals surface area contributed by atoms with Crippen LogP contribution in [0.1, 0.15) is 29.9 Å². The molecule has 0 radical (unpaired) electrons. The summed E-state index contributed by atoms with van der Waals surface area (Å²) >= 11 is 0. The Morgan fingerprint density at radius 3 is 2.58 bits per heavy atom. The van der Waals surface area contributed by atoms with E-state index < -0.39 is 5.54 Å². The Labute approximate surface area is 192 Å². The molecule has 1 aromatic heterocycles. The molecule has 0 saturated carbocycles. The topological polar surface area (TPSA) is 92.7 Å². The third kappa shape index (κ3) is 4.04. The van der Waals surface area contributed by atoms with Crippen LogP contribution in [0.25, 0.3) is 10.9 Å². The van der Waals surface area contributed by atoms with E-state index in [0.717, 1.165) is 16.5 Å². The van der Waals surface area contributed by atoms with Crippen LogP contribution in [0.2, 0.25) is 0 Å². The quantitative estimate of drug-likeness (QED) is 0.580. The van der Waals surface area contributed by atoms with E-state index in [4.69, 9.17) is 4.74 Å². The first-order chi connectivity index (χ1) is 15.9. The first-order valence-electron chi connectivity index (χ1n) is 11.0. The summed E-state index contributed by atoms with van der Waals surface area (Å²) in [6, 6.07) is 17.0. The molecule has 1 atom stereocenters. The number of rotatable bonds is 7. The van der Waals surface area contributed by atoms with Crippen LogP contribution in [0.4, 0.5) is 0 Å². The van der Waals surface area contributed by atoms with E-state index in [2.05, 4.69) is 10.6 Å². The van der Waals surface area contributed by atoms with E-state index in [9.17, 15) is 14.4 Å². The fourth-order valence-corrected chi connectivity index (χ4v) is 4.46. The number of carbonyl (C=O) groups excluding carboxylic acids is 3. The molecular formula is C25H28N4O4. The molecule has 172 valence electrons. The number of ether oxygens (including phenoxy) is 1. The van der Waals surface area contributed by atoms with Gasteiger partial charge in [-0.3, -0.25) is 14.4 Å². The molecular weight excluding hydrogens is 420 g/mol. The van der Waals surface area contributed by atoms with Gasteiger partial charge in [-0.05, 0) is 32.0 Å². The number of nitrogens with zero attached hydrogens (tertiary/aromatic N) is 2. The third-order valence-corrected chi connectivity index (χ3v) is 6.22. The van der Waals surface area contributed by atoms with Crippen LogP contribution in [0.5, 0.6) is 5.75 Å². The molecule has 8 nitrogen and oxygen atoms in total. The van der Waals surface area contributed by atoms with Crippen LogP contribution in [0, 0.1) is 0 Å². The standard InChI is InChI=1S/C25H28N4O4/c1-4-29-23(31)20-13-17-9-5-7-11-19(17)28(20)16-25(29,2)24(32)27-15-22(30)26-14-18-10-6-8-12-21(18)33-3/h5-13H,4,14-16H2,1-3H3,(H,26,30)(H,27,32)/t25-/m1/s1. The Hall–Kier alpha value is -3.81. The monoisotopic (exact) mass is 448 g/mol. The molecule has 0 unspecified atom stereocenters. The number of benzene rings is 2. The minimum atomic E-state index is -1.12. The lowest BCUT2D eigenvalue weighted by Gasteiger charge is -2.43. The van der Waals surface area contributed by atoms with Crippen molar-refractivity contribution in [2.75, 3.05) is 20.2 Å². The predicted molar refractivity (Wildman–Crippen MR) is 125 cm³/mol. The number of hydrogen-bond acceptors (Lipinski definition) is 4. The van der Waals surface area contributed by atoms with Crippen molar-refractivity contribution in [2.45, 2.75) is 32.5 Å². The highest BCUT2D eigenvalue weighted by Gasteiger charge is 2.46. The Balaban J connectivity index is 1.46. The maximum atomic E-state index is 13.3. The minimum Gasteiger partial charge on any atom is -0.496 e. The maximum Gasteiger partial charge on any atom is 0.271 e. The smallest absolute Gasteiger partial charge is 0.271 e. The predicted octanol–water partition coefficient (Wildman–Crippen LogP) is 2.32. The lowest BCUT2D eigenvalue weighted by atomic mass is 9.95. The summed E-state index contributed by atoms with van der Waals surface area (Å²) in [7, 11) is 1.58. The second-order valence-corrected chi connectivity index (χ2v) is 8.27. The molecule has 0 saturated heterocycles. The van der Waals surface area contributed by atoms with Crippen molar-refractivity contribution in [3.05, 3.63) is 65.9 Å². The Kier molecular flexibility index (Phi) is 6.09. The highest BCUT2D eigenvalue weighted by molar-refractivity contribution is 6.04. The van der Waals surface area contributed by atoms with Crippen molar-refractivity contribution in [3.63, 3.8) is 0 Å². The zero-order chi connectivity index (χ0) is 23.6. The largest absolute Gasteiger partial charge is 0.496 e. The van der Waals surface area contributed by atoms with Gasteiger partial charge in [-0.1, -0.05) is 36.4 Å². The van der Waals surface area contributed by atoms with Crippen LogP contribution in [-0.4, -0.2) is 52.9 Å². The van der Waals surface area contributed by atoms with Crippen LogP contribution >= 0.6 is 0 Å². The molecule has 0 spiro atoms. The molecule has 2 N–H and O–H groups in total. The molecule has 2 aromatic carbocycles. The fourth-order valence-electron chi connectivity index (χ4n) is 4.46. The number of nitrogens with one attached hydrogen (secondary N) is 2. The van der Waals surface area contributed by atoms with Crippen molar-refractivity contribution in [1.29, 1.82) is 0 Å². The number of hydrogen-bond donors (Lipinski definition) is 2. The highest BCUT2D eigenvalue weighted by Crippen LogP contribution is 2.32. The minimum absolute atomic E-state index is 0.186. The summed E-state index contributed by atoms with van der Waals surface area (Å²) in [6.45, 7) is 4.38. The summed E-state index contributed by atoms with van der Waals surface area (Å²) in [5, 5.41) is 6.47. The van der Waals surface area contributed by atoms with Crippen molar-refractivity contribution < 1.29 is 19.1 Å². The normalized spacial score (nSPS) is 17.5. The van der Waals surface area contributed by atoms with E-state index in [0.29, 0.717) is 24.5 Å². The second-order valence-electron chi connectivity index (χ2n) is 8.27. The average molecular weight is 449 g/mol. The molecule has 0 bridgehead atoms. The Morgan fingerprint density at radius 2 is 1.82 bits per heavy atom. The molecule has 1 aliphatic heterocycles. The maximum absolute atomic E-state index is 13.3. The summed E-state index contributed by atoms with van der Waals surface area (Å²) < 4.78 is 7.19. The lowest BCUT2D eigenvalue weighted by Crippen LogP contribution is -2.64. The summed E-state index contributed by atoms with van der Waals surface area (Å²) in [5.41, 5.74) is 1.19.